The summed E-state index contributed by atoms with van der Waals surface area (Å²) in [6.07, 6.45) is 2.85. The summed E-state index contributed by atoms with van der Waals surface area (Å²) in [5, 5.41) is 3.41. The van der Waals surface area contributed by atoms with Gasteiger partial charge in [-0.25, -0.2) is 18.0 Å². The molecule has 1 fully saturated rings. The highest BCUT2D eigenvalue weighted by atomic mass is 32.2. The van der Waals surface area contributed by atoms with Gasteiger partial charge in [0.2, 0.25) is 10.0 Å². The quantitative estimate of drug-likeness (QED) is 0.347. The average Bonchev–Trinajstić information content (AvgIpc) is 3.55. The van der Waals surface area contributed by atoms with Crippen molar-refractivity contribution in [3.05, 3.63) is 40.3 Å². The zero-order chi connectivity index (χ0) is 27.8. The van der Waals surface area contributed by atoms with Crippen LogP contribution in [0.4, 0.5) is 4.79 Å². The number of hydrogen-bond acceptors (Lipinski definition) is 7. The first-order chi connectivity index (χ1) is 17.8. The maximum atomic E-state index is 13.8. The molecule has 206 valence electrons. The Bertz CT molecular complexity index is 1530. The number of sulfonamides is 1. The summed E-state index contributed by atoms with van der Waals surface area (Å²) in [5.74, 6) is -0.597. The lowest BCUT2D eigenvalue weighted by Crippen LogP contribution is -2.46. The minimum Gasteiger partial charge on any atom is -0.462 e. The molecule has 0 spiro atoms. The van der Waals surface area contributed by atoms with Crippen molar-refractivity contribution in [2.45, 2.75) is 76.5 Å². The van der Waals surface area contributed by atoms with Crippen LogP contribution in [-0.2, 0) is 19.5 Å². The highest BCUT2D eigenvalue weighted by Crippen LogP contribution is 2.34. The highest BCUT2D eigenvalue weighted by Gasteiger charge is 2.39. The molecular formula is C26H34N4O7S. The molecule has 38 heavy (non-hydrogen) atoms. The number of alkyl carbamates (subject to hydrolysis) is 1. The van der Waals surface area contributed by atoms with E-state index in [0.717, 1.165) is 12.8 Å². The summed E-state index contributed by atoms with van der Waals surface area (Å²) in [4.78, 5) is 43.1. The van der Waals surface area contributed by atoms with E-state index in [0.29, 0.717) is 22.7 Å². The third kappa shape index (κ3) is 5.86. The van der Waals surface area contributed by atoms with E-state index < -0.39 is 39.3 Å². The number of hydrogen-bond donors (Lipinski definition) is 3. The molecule has 0 radical (unpaired) electrons. The highest BCUT2D eigenvalue weighted by molar-refractivity contribution is 7.89. The molecule has 2 aromatic heterocycles. The molecule has 0 saturated heterocycles. The summed E-state index contributed by atoms with van der Waals surface area (Å²) < 4.78 is 39.6. The summed E-state index contributed by atoms with van der Waals surface area (Å²) in [5.41, 5.74) is -0.398. The Labute approximate surface area is 220 Å². The number of nitrogens with one attached hydrogen (secondary N) is 3. The molecule has 3 N–H and O–H groups in total. The van der Waals surface area contributed by atoms with Crippen LogP contribution in [0.25, 0.3) is 21.8 Å². The Morgan fingerprint density at radius 1 is 1.24 bits per heavy atom. The Morgan fingerprint density at radius 3 is 2.58 bits per heavy atom. The lowest BCUT2D eigenvalue weighted by atomic mass is 10.1. The standard InChI is InChI=1S/C26H34N4O7S/c1-6-11-36-24(32)19-13-27-22-21(19)18-12-17(9-10-20(18)29-23(22)31)38(34,35)30(16-7-8-16)14-15(2)28-25(33)37-26(3,4)5/h9-10,12-13,15-16,27H,6-8,11,14H2,1-5H3,(H,28,33)(H,29,31)/t15-/m1/s1. The molecule has 1 aliphatic rings. The van der Waals surface area contributed by atoms with Crippen molar-refractivity contribution in [3.8, 4) is 0 Å². The molecule has 12 heteroatoms. The molecule has 11 nitrogen and oxygen atoms in total. The first kappa shape index (κ1) is 27.6. The van der Waals surface area contributed by atoms with Gasteiger partial charge in [-0.3, -0.25) is 4.79 Å². The lowest BCUT2D eigenvalue weighted by Gasteiger charge is -2.27. The number of nitrogens with zero attached hydrogens (tertiary/aromatic N) is 1. The van der Waals surface area contributed by atoms with Gasteiger partial charge in [0.15, 0.2) is 0 Å². The van der Waals surface area contributed by atoms with E-state index in [1.165, 1.54) is 28.7 Å². The predicted molar refractivity (Wildman–Crippen MR) is 143 cm³/mol. The fourth-order valence-electron chi connectivity index (χ4n) is 4.27. The molecule has 2 heterocycles. The molecule has 0 unspecified atom stereocenters. The number of benzene rings is 1. The molecule has 1 aromatic carbocycles. The second-order valence-corrected chi connectivity index (χ2v) is 12.5. The Hall–Kier alpha value is -3.38. The normalized spacial score (nSPS) is 15.1. The Morgan fingerprint density at radius 2 is 1.95 bits per heavy atom. The summed E-state index contributed by atoms with van der Waals surface area (Å²) in [7, 11) is -3.98. The molecule has 1 amide bonds. The molecule has 4 rings (SSSR count). The van der Waals surface area contributed by atoms with Crippen LogP contribution in [0.5, 0.6) is 0 Å². The number of pyridine rings is 1. The van der Waals surface area contributed by atoms with Gasteiger partial charge in [-0.05, 0) is 65.2 Å². The number of carbonyl (C=O) groups is 2. The van der Waals surface area contributed by atoms with Gasteiger partial charge in [-0.1, -0.05) is 6.92 Å². The number of rotatable bonds is 9. The molecule has 0 aliphatic heterocycles. The van der Waals surface area contributed by atoms with E-state index >= 15 is 0 Å². The third-order valence-corrected chi connectivity index (χ3v) is 7.97. The number of aromatic amines is 2. The van der Waals surface area contributed by atoms with E-state index in [9.17, 15) is 22.8 Å². The van der Waals surface area contributed by atoms with E-state index in [2.05, 4.69) is 15.3 Å². The fraction of sp³-hybridized carbons (Fsp3) is 0.500. The molecular weight excluding hydrogens is 512 g/mol. The van der Waals surface area contributed by atoms with Crippen molar-refractivity contribution in [2.24, 2.45) is 0 Å². The van der Waals surface area contributed by atoms with Crippen LogP contribution in [0.1, 0.15) is 64.2 Å². The first-order valence-corrected chi connectivity index (χ1v) is 14.1. The SMILES string of the molecule is CCCOC(=O)c1c[nH]c2c(=O)[nH]c3ccc(S(=O)(=O)N(C[C@@H](C)NC(=O)OC(C)(C)C)C4CC4)cc3c12. The lowest BCUT2D eigenvalue weighted by molar-refractivity contribution is 0.0494. The topological polar surface area (TPSA) is 151 Å². The minimum atomic E-state index is -3.98. The number of amides is 1. The van der Waals surface area contributed by atoms with E-state index in [1.54, 1.807) is 27.7 Å². The van der Waals surface area contributed by atoms with Gasteiger partial charge >= 0.3 is 12.1 Å². The second kappa shape index (κ2) is 10.4. The van der Waals surface area contributed by atoms with Crippen LogP contribution in [0.2, 0.25) is 0 Å². The van der Waals surface area contributed by atoms with E-state index in [-0.39, 0.29) is 35.2 Å². The maximum absolute atomic E-state index is 13.8. The van der Waals surface area contributed by atoms with Gasteiger partial charge in [0, 0.05) is 41.1 Å². The number of esters is 1. The van der Waals surface area contributed by atoms with Crippen LogP contribution in [0.3, 0.4) is 0 Å². The van der Waals surface area contributed by atoms with Crippen LogP contribution in [0.15, 0.2) is 34.1 Å². The van der Waals surface area contributed by atoms with Crippen LogP contribution in [0, 0.1) is 0 Å². The fourth-order valence-corrected chi connectivity index (χ4v) is 6.07. The van der Waals surface area contributed by atoms with Gasteiger partial charge in [-0.15, -0.1) is 0 Å². The second-order valence-electron chi connectivity index (χ2n) is 10.6. The number of ether oxygens (including phenoxy) is 2. The van der Waals surface area contributed by atoms with Crippen LogP contribution >= 0.6 is 0 Å². The number of fused-ring (bicyclic) bond motifs is 3. The van der Waals surface area contributed by atoms with Gasteiger partial charge < -0.3 is 24.8 Å². The maximum Gasteiger partial charge on any atom is 0.407 e. The summed E-state index contributed by atoms with van der Waals surface area (Å²) >= 11 is 0. The van der Waals surface area contributed by atoms with Gasteiger partial charge in [0.25, 0.3) is 5.56 Å². The molecule has 1 saturated carbocycles. The summed E-state index contributed by atoms with van der Waals surface area (Å²) in [6.45, 7) is 9.12. The van der Waals surface area contributed by atoms with Crippen molar-refractivity contribution in [1.29, 1.82) is 0 Å². The number of aromatic nitrogens is 2. The van der Waals surface area contributed by atoms with Crippen molar-refractivity contribution in [3.63, 3.8) is 0 Å². The summed E-state index contributed by atoms with van der Waals surface area (Å²) in [6, 6.07) is 3.73. The van der Waals surface area contributed by atoms with Crippen molar-refractivity contribution in [1.82, 2.24) is 19.6 Å². The van der Waals surface area contributed by atoms with Gasteiger partial charge in [0.1, 0.15) is 11.1 Å². The Kier molecular flexibility index (Phi) is 7.57. The zero-order valence-electron chi connectivity index (χ0n) is 22.2. The molecule has 3 aromatic rings. The smallest absolute Gasteiger partial charge is 0.407 e. The van der Waals surface area contributed by atoms with E-state index in [4.69, 9.17) is 9.47 Å². The molecule has 1 atom stereocenters. The van der Waals surface area contributed by atoms with Gasteiger partial charge in [-0.2, -0.15) is 4.31 Å². The van der Waals surface area contributed by atoms with E-state index in [1.807, 2.05) is 6.92 Å². The van der Waals surface area contributed by atoms with Gasteiger partial charge in [0.05, 0.1) is 17.1 Å². The van der Waals surface area contributed by atoms with Crippen molar-refractivity contribution >= 4 is 43.9 Å². The predicted octanol–water partition coefficient (Wildman–Crippen LogP) is 3.64. The largest absolute Gasteiger partial charge is 0.462 e. The Balaban J connectivity index is 1.70. The average molecular weight is 547 g/mol. The monoisotopic (exact) mass is 546 g/mol. The minimum absolute atomic E-state index is 0.0174. The van der Waals surface area contributed by atoms with Crippen LogP contribution in [-0.4, -0.2) is 65.6 Å². The number of carbonyl (C=O) groups excluding carboxylic acids is 2. The zero-order valence-corrected chi connectivity index (χ0v) is 23.0. The molecule has 1 aliphatic carbocycles. The molecule has 0 bridgehead atoms. The number of H-pyrrole nitrogens is 2. The van der Waals surface area contributed by atoms with Crippen LogP contribution < -0.4 is 10.9 Å². The third-order valence-electron chi connectivity index (χ3n) is 6.05. The van der Waals surface area contributed by atoms with Crippen molar-refractivity contribution in [2.75, 3.05) is 13.2 Å². The first-order valence-electron chi connectivity index (χ1n) is 12.7. The van der Waals surface area contributed by atoms with Crippen molar-refractivity contribution < 1.29 is 27.5 Å².